The predicted molar refractivity (Wildman–Crippen MR) is 66.6 cm³/mol. The number of nitrogens with one attached hydrogen (secondary N) is 1. The van der Waals surface area contributed by atoms with E-state index in [4.69, 9.17) is 4.74 Å². The van der Waals surface area contributed by atoms with Crippen LogP contribution in [-0.4, -0.2) is 51.3 Å². The van der Waals surface area contributed by atoms with Crippen molar-refractivity contribution < 1.29 is 4.74 Å². The van der Waals surface area contributed by atoms with Crippen LogP contribution < -0.4 is 5.32 Å². The Morgan fingerprint density at radius 2 is 2.44 bits per heavy atom. The molecule has 0 aromatic carbocycles. The number of ether oxygens (including phenoxy) is 1. The highest BCUT2D eigenvalue weighted by Gasteiger charge is 2.30. The van der Waals surface area contributed by atoms with E-state index in [9.17, 15) is 0 Å². The molecular weight excluding hydrogens is 200 g/mol. The van der Waals surface area contributed by atoms with Crippen LogP contribution in [0.2, 0.25) is 0 Å². The normalized spacial score (nSPS) is 31.8. The summed E-state index contributed by atoms with van der Waals surface area (Å²) in [5.74, 6) is 0. The molecule has 92 valence electrons. The molecule has 3 heteroatoms. The first-order valence-electron chi connectivity index (χ1n) is 6.32. The molecule has 0 radical (unpaired) electrons. The van der Waals surface area contributed by atoms with E-state index in [0.717, 1.165) is 13.2 Å². The quantitative estimate of drug-likeness (QED) is 0.728. The van der Waals surface area contributed by atoms with Gasteiger partial charge in [-0.15, -0.1) is 0 Å². The van der Waals surface area contributed by atoms with Gasteiger partial charge in [0, 0.05) is 33.3 Å². The molecule has 2 rings (SSSR count). The van der Waals surface area contributed by atoms with E-state index in [1.54, 1.807) is 7.11 Å². The Hall–Kier alpha value is -0.380. The van der Waals surface area contributed by atoms with Crippen LogP contribution >= 0.6 is 0 Å². The van der Waals surface area contributed by atoms with Crippen LogP contribution in [0.25, 0.3) is 0 Å². The number of rotatable bonds is 4. The molecule has 1 saturated heterocycles. The van der Waals surface area contributed by atoms with Crippen molar-refractivity contribution in [3.05, 3.63) is 11.6 Å². The Morgan fingerprint density at radius 3 is 3.00 bits per heavy atom. The van der Waals surface area contributed by atoms with E-state index in [0.29, 0.717) is 5.41 Å². The molecule has 0 bridgehead atoms. The fourth-order valence-corrected chi connectivity index (χ4v) is 2.76. The van der Waals surface area contributed by atoms with Gasteiger partial charge in [0.05, 0.1) is 6.61 Å². The zero-order valence-electron chi connectivity index (χ0n) is 10.6. The third-order valence-corrected chi connectivity index (χ3v) is 3.78. The van der Waals surface area contributed by atoms with Gasteiger partial charge in [-0.25, -0.2) is 0 Å². The van der Waals surface area contributed by atoms with Crippen molar-refractivity contribution in [3.8, 4) is 0 Å². The van der Waals surface area contributed by atoms with Crippen LogP contribution in [0.1, 0.15) is 19.8 Å². The van der Waals surface area contributed by atoms with E-state index in [1.807, 2.05) is 0 Å². The van der Waals surface area contributed by atoms with Gasteiger partial charge in [-0.05, 0) is 30.4 Å². The van der Waals surface area contributed by atoms with E-state index < -0.39 is 0 Å². The second kappa shape index (κ2) is 5.30. The zero-order valence-corrected chi connectivity index (χ0v) is 10.6. The molecule has 16 heavy (non-hydrogen) atoms. The lowest BCUT2D eigenvalue weighted by Gasteiger charge is -2.33. The monoisotopic (exact) mass is 224 g/mol. The summed E-state index contributed by atoms with van der Waals surface area (Å²) in [5.41, 5.74) is 1.96. The van der Waals surface area contributed by atoms with E-state index in [2.05, 4.69) is 23.2 Å². The van der Waals surface area contributed by atoms with Crippen LogP contribution in [-0.2, 0) is 4.74 Å². The zero-order chi connectivity index (χ0) is 11.4. The highest BCUT2D eigenvalue weighted by molar-refractivity contribution is 5.08. The number of hydrogen-bond acceptors (Lipinski definition) is 3. The molecule has 0 saturated carbocycles. The number of hydrogen-bond donors (Lipinski definition) is 1. The predicted octanol–water partition coefficient (Wildman–Crippen LogP) is 1.26. The minimum Gasteiger partial charge on any atom is -0.380 e. The van der Waals surface area contributed by atoms with Gasteiger partial charge in [-0.1, -0.05) is 13.0 Å². The average Bonchev–Trinajstić information content (AvgIpc) is 2.68. The second-order valence-electron chi connectivity index (χ2n) is 5.52. The molecule has 2 aliphatic rings. The van der Waals surface area contributed by atoms with Gasteiger partial charge >= 0.3 is 0 Å². The lowest BCUT2D eigenvalue weighted by molar-refractivity contribution is 0.176. The van der Waals surface area contributed by atoms with Gasteiger partial charge in [0.15, 0.2) is 0 Å². The summed E-state index contributed by atoms with van der Waals surface area (Å²) in [7, 11) is 1.78. The van der Waals surface area contributed by atoms with Gasteiger partial charge in [-0.2, -0.15) is 0 Å². The summed E-state index contributed by atoms with van der Waals surface area (Å²) in [5, 5.41) is 3.47. The third-order valence-electron chi connectivity index (χ3n) is 3.78. The topological polar surface area (TPSA) is 24.5 Å². The summed E-state index contributed by atoms with van der Waals surface area (Å²) >= 11 is 0. The largest absolute Gasteiger partial charge is 0.380 e. The van der Waals surface area contributed by atoms with E-state index >= 15 is 0 Å². The number of nitrogens with zero attached hydrogens (tertiary/aromatic N) is 1. The summed E-state index contributed by atoms with van der Waals surface area (Å²) in [6.45, 7) is 9.12. The summed E-state index contributed by atoms with van der Waals surface area (Å²) in [6, 6.07) is 0. The molecule has 0 spiro atoms. The smallest absolute Gasteiger partial charge is 0.0673 e. The molecule has 1 atom stereocenters. The minimum absolute atomic E-state index is 0.493. The lowest BCUT2D eigenvalue weighted by atomic mass is 9.88. The first-order valence-corrected chi connectivity index (χ1v) is 6.32. The highest BCUT2D eigenvalue weighted by atomic mass is 16.5. The Kier molecular flexibility index (Phi) is 4.00. The maximum atomic E-state index is 5.17. The standard InChI is InChI=1S/C13H24N2O/c1-13(5-6-14-10-13)11-15-7-3-12(4-8-15)9-16-2/h3,14H,4-11H2,1-2H3. The fourth-order valence-electron chi connectivity index (χ4n) is 2.76. The van der Waals surface area contributed by atoms with Crippen LogP contribution in [0.4, 0.5) is 0 Å². The van der Waals surface area contributed by atoms with Gasteiger partial charge < -0.3 is 10.1 Å². The Labute approximate surface area is 98.8 Å². The molecule has 0 aromatic rings. The Balaban J connectivity index is 1.80. The Morgan fingerprint density at radius 1 is 1.56 bits per heavy atom. The SMILES string of the molecule is COCC1=CCN(CC2(C)CCNC2)CC1. The maximum absolute atomic E-state index is 5.17. The van der Waals surface area contributed by atoms with Crippen molar-refractivity contribution in [3.63, 3.8) is 0 Å². The molecule has 1 N–H and O–H groups in total. The number of methoxy groups -OCH3 is 1. The summed E-state index contributed by atoms with van der Waals surface area (Å²) in [6.07, 6.45) is 4.84. The molecule has 0 aromatic heterocycles. The van der Waals surface area contributed by atoms with Crippen molar-refractivity contribution in [2.45, 2.75) is 19.8 Å². The van der Waals surface area contributed by atoms with Crippen LogP contribution in [0.3, 0.4) is 0 Å². The molecule has 2 aliphatic heterocycles. The molecule has 0 aliphatic carbocycles. The molecule has 1 fully saturated rings. The van der Waals surface area contributed by atoms with E-state index in [-0.39, 0.29) is 0 Å². The second-order valence-corrected chi connectivity index (χ2v) is 5.52. The summed E-state index contributed by atoms with van der Waals surface area (Å²) in [4.78, 5) is 2.58. The molecular formula is C13H24N2O. The molecule has 0 amide bonds. The van der Waals surface area contributed by atoms with Crippen LogP contribution in [0.5, 0.6) is 0 Å². The maximum Gasteiger partial charge on any atom is 0.0673 e. The fraction of sp³-hybridized carbons (Fsp3) is 0.846. The van der Waals surface area contributed by atoms with Gasteiger partial charge in [0.25, 0.3) is 0 Å². The first kappa shape index (κ1) is 12.1. The van der Waals surface area contributed by atoms with Crippen LogP contribution in [0.15, 0.2) is 11.6 Å². The van der Waals surface area contributed by atoms with Crippen molar-refractivity contribution in [2.75, 3.05) is 46.4 Å². The highest BCUT2D eigenvalue weighted by Crippen LogP contribution is 2.26. The molecule has 2 heterocycles. The summed E-state index contributed by atoms with van der Waals surface area (Å²) < 4.78 is 5.17. The van der Waals surface area contributed by atoms with Crippen molar-refractivity contribution in [1.29, 1.82) is 0 Å². The van der Waals surface area contributed by atoms with Gasteiger partial charge in [0.2, 0.25) is 0 Å². The molecule has 3 nitrogen and oxygen atoms in total. The van der Waals surface area contributed by atoms with Gasteiger partial charge in [-0.3, -0.25) is 4.90 Å². The third kappa shape index (κ3) is 3.06. The average molecular weight is 224 g/mol. The lowest BCUT2D eigenvalue weighted by Crippen LogP contribution is -2.39. The first-order chi connectivity index (χ1) is 7.72. The van der Waals surface area contributed by atoms with Crippen molar-refractivity contribution >= 4 is 0 Å². The van der Waals surface area contributed by atoms with Crippen LogP contribution in [0, 0.1) is 5.41 Å². The minimum atomic E-state index is 0.493. The Bertz CT molecular complexity index is 257. The van der Waals surface area contributed by atoms with Crippen molar-refractivity contribution in [2.24, 2.45) is 5.41 Å². The van der Waals surface area contributed by atoms with E-state index in [1.165, 1.54) is 44.6 Å². The molecule has 1 unspecified atom stereocenters. The van der Waals surface area contributed by atoms with Crippen molar-refractivity contribution in [1.82, 2.24) is 10.2 Å². The van der Waals surface area contributed by atoms with Gasteiger partial charge in [0.1, 0.15) is 0 Å².